The molecule has 0 spiro atoms. The third-order valence-electron chi connectivity index (χ3n) is 3.55. The van der Waals surface area contributed by atoms with Crippen molar-refractivity contribution in [2.75, 3.05) is 13.7 Å². The summed E-state index contributed by atoms with van der Waals surface area (Å²) in [4.78, 5) is 0. The summed E-state index contributed by atoms with van der Waals surface area (Å²) in [5, 5.41) is 17.8. The van der Waals surface area contributed by atoms with Gasteiger partial charge in [0.25, 0.3) is 0 Å². The first-order valence-electron chi connectivity index (χ1n) is 6.47. The molecule has 0 bridgehead atoms. The number of aliphatic hydroxyl groups is 1. The third-order valence-corrected chi connectivity index (χ3v) is 3.55. The van der Waals surface area contributed by atoms with Crippen LogP contribution in [0.25, 0.3) is 0 Å². The molecule has 0 unspecified atom stereocenters. The molecule has 0 aliphatic rings. The summed E-state index contributed by atoms with van der Waals surface area (Å²) in [6.07, 6.45) is 1.50. The lowest BCUT2D eigenvalue weighted by molar-refractivity contribution is 0.0322. The van der Waals surface area contributed by atoms with Crippen molar-refractivity contribution in [3.05, 3.63) is 11.3 Å². The van der Waals surface area contributed by atoms with Gasteiger partial charge in [-0.25, -0.2) is 4.68 Å². The number of nitrogens with one attached hydrogen (secondary N) is 1. The van der Waals surface area contributed by atoms with Crippen LogP contribution >= 0.6 is 0 Å². The fraction of sp³-hybridized carbons (Fsp3) is 0.769. The van der Waals surface area contributed by atoms with Gasteiger partial charge in [0.05, 0.1) is 24.0 Å². The molecule has 0 aromatic carbocycles. The van der Waals surface area contributed by atoms with Crippen LogP contribution in [0.3, 0.4) is 0 Å². The second-order valence-corrected chi connectivity index (χ2v) is 4.73. The Morgan fingerprint density at radius 1 is 1.39 bits per heavy atom. The molecule has 104 valence electrons. The van der Waals surface area contributed by atoms with Crippen molar-refractivity contribution in [3.8, 4) is 5.88 Å². The summed E-state index contributed by atoms with van der Waals surface area (Å²) >= 11 is 0. The zero-order valence-electron chi connectivity index (χ0n) is 12.1. The van der Waals surface area contributed by atoms with E-state index < -0.39 is 5.60 Å². The molecule has 1 rings (SSSR count). The lowest BCUT2D eigenvalue weighted by Crippen LogP contribution is -2.39. The van der Waals surface area contributed by atoms with E-state index in [1.165, 1.54) is 0 Å². The van der Waals surface area contributed by atoms with E-state index in [-0.39, 0.29) is 0 Å². The molecule has 1 aromatic heterocycles. The Bertz CT molecular complexity index is 384. The Hall–Kier alpha value is -1.07. The van der Waals surface area contributed by atoms with Gasteiger partial charge in [-0.1, -0.05) is 13.8 Å². The van der Waals surface area contributed by atoms with Gasteiger partial charge in [0.2, 0.25) is 5.88 Å². The number of methoxy groups -OCH3 is 1. The summed E-state index contributed by atoms with van der Waals surface area (Å²) < 4.78 is 7.06. The smallest absolute Gasteiger partial charge is 0.216 e. The van der Waals surface area contributed by atoms with Crippen LogP contribution in [0.1, 0.15) is 37.9 Å². The molecule has 5 heteroatoms. The zero-order chi connectivity index (χ0) is 13.8. The molecular weight excluding hydrogens is 230 g/mol. The lowest BCUT2D eigenvalue weighted by atomic mass is 9.97. The lowest BCUT2D eigenvalue weighted by Gasteiger charge is -2.25. The van der Waals surface area contributed by atoms with E-state index in [1.54, 1.807) is 11.8 Å². The van der Waals surface area contributed by atoms with Crippen molar-refractivity contribution < 1.29 is 9.84 Å². The van der Waals surface area contributed by atoms with Crippen LogP contribution in [0.5, 0.6) is 5.88 Å². The normalized spacial score (nSPS) is 11.9. The highest BCUT2D eigenvalue weighted by molar-refractivity contribution is 5.30. The summed E-state index contributed by atoms with van der Waals surface area (Å²) in [5.41, 5.74) is 1.39. The Kier molecular flexibility index (Phi) is 5.16. The number of hydrogen-bond donors (Lipinski definition) is 2. The first kappa shape index (κ1) is 15.0. The number of aryl methyl sites for hydroxylation is 2. The first-order chi connectivity index (χ1) is 8.47. The van der Waals surface area contributed by atoms with Crippen LogP contribution in [-0.2, 0) is 13.6 Å². The fourth-order valence-electron chi connectivity index (χ4n) is 2.06. The van der Waals surface area contributed by atoms with Gasteiger partial charge < -0.3 is 15.2 Å². The summed E-state index contributed by atoms with van der Waals surface area (Å²) in [6, 6.07) is 0. The van der Waals surface area contributed by atoms with Gasteiger partial charge in [0.1, 0.15) is 0 Å². The average Bonchev–Trinajstić information content (AvgIpc) is 2.63. The minimum atomic E-state index is -0.622. The van der Waals surface area contributed by atoms with Crippen LogP contribution in [0.15, 0.2) is 0 Å². The first-order valence-corrected chi connectivity index (χ1v) is 6.47. The average molecular weight is 255 g/mol. The number of hydrogen-bond acceptors (Lipinski definition) is 4. The summed E-state index contributed by atoms with van der Waals surface area (Å²) in [5.74, 6) is 0.775. The largest absolute Gasteiger partial charge is 0.481 e. The third kappa shape index (κ3) is 3.23. The minimum absolute atomic E-state index is 0.581. The van der Waals surface area contributed by atoms with Crippen LogP contribution in [0.2, 0.25) is 0 Å². The van der Waals surface area contributed by atoms with Crippen molar-refractivity contribution >= 4 is 0 Å². The molecule has 0 saturated carbocycles. The fourth-order valence-corrected chi connectivity index (χ4v) is 2.06. The van der Waals surface area contributed by atoms with E-state index in [4.69, 9.17) is 4.74 Å². The molecule has 18 heavy (non-hydrogen) atoms. The molecule has 0 aliphatic heterocycles. The molecule has 0 radical (unpaired) electrons. The number of aromatic nitrogens is 2. The van der Waals surface area contributed by atoms with Gasteiger partial charge in [-0.2, -0.15) is 5.10 Å². The maximum atomic E-state index is 10.2. The SMILES string of the molecule is CCC(O)(CC)CNCc1c(C)nn(C)c1OC. The molecular formula is C13H25N3O2. The molecule has 0 aliphatic carbocycles. The van der Waals surface area contributed by atoms with E-state index in [0.717, 1.165) is 30.0 Å². The second kappa shape index (κ2) is 6.20. The number of rotatable bonds is 7. The van der Waals surface area contributed by atoms with Gasteiger partial charge in [-0.15, -0.1) is 0 Å². The number of ether oxygens (including phenoxy) is 1. The molecule has 1 aromatic rings. The standard InChI is InChI=1S/C13H25N3O2/c1-6-13(17,7-2)9-14-8-11-10(3)15-16(4)12(11)18-5/h14,17H,6-9H2,1-5H3. The molecule has 0 amide bonds. The number of nitrogens with zero attached hydrogens (tertiary/aromatic N) is 2. The Balaban J connectivity index is 2.64. The Labute approximate surface area is 109 Å². The Morgan fingerprint density at radius 2 is 2.00 bits per heavy atom. The highest BCUT2D eigenvalue weighted by Gasteiger charge is 2.22. The molecule has 0 atom stereocenters. The second-order valence-electron chi connectivity index (χ2n) is 4.73. The topological polar surface area (TPSA) is 59.3 Å². The monoisotopic (exact) mass is 255 g/mol. The van der Waals surface area contributed by atoms with E-state index >= 15 is 0 Å². The minimum Gasteiger partial charge on any atom is -0.481 e. The summed E-state index contributed by atoms with van der Waals surface area (Å²) in [6.45, 7) is 7.20. The van der Waals surface area contributed by atoms with Gasteiger partial charge >= 0.3 is 0 Å². The highest BCUT2D eigenvalue weighted by Crippen LogP contribution is 2.21. The van der Waals surface area contributed by atoms with E-state index in [0.29, 0.717) is 13.1 Å². The van der Waals surface area contributed by atoms with Gasteiger partial charge in [-0.3, -0.25) is 0 Å². The molecule has 0 fully saturated rings. The van der Waals surface area contributed by atoms with Crippen LogP contribution in [-0.4, -0.2) is 34.1 Å². The highest BCUT2D eigenvalue weighted by atomic mass is 16.5. The van der Waals surface area contributed by atoms with E-state index in [1.807, 2.05) is 27.8 Å². The predicted molar refractivity (Wildman–Crippen MR) is 71.7 cm³/mol. The van der Waals surface area contributed by atoms with Gasteiger partial charge in [0, 0.05) is 20.1 Å². The van der Waals surface area contributed by atoms with Crippen molar-refractivity contribution in [2.45, 2.75) is 45.8 Å². The van der Waals surface area contributed by atoms with E-state index in [9.17, 15) is 5.11 Å². The van der Waals surface area contributed by atoms with E-state index in [2.05, 4.69) is 10.4 Å². The van der Waals surface area contributed by atoms with Gasteiger partial charge in [0.15, 0.2) is 0 Å². The predicted octanol–water partition coefficient (Wildman–Crippen LogP) is 1.38. The van der Waals surface area contributed by atoms with Crippen molar-refractivity contribution in [1.82, 2.24) is 15.1 Å². The quantitative estimate of drug-likeness (QED) is 0.773. The summed E-state index contributed by atoms with van der Waals surface area (Å²) in [7, 11) is 3.51. The van der Waals surface area contributed by atoms with Crippen molar-refractivity contribution in [2.24, 2.45) is 7.05 Å². The van der Waals surface area contributed by atoms with Crippen LogP contribution in [0.4, 0.5) is 0 Å². The van der Waals surface area contributed by atoms with Crippen LogP contribution < -0.4 is 10.1 Å². The molecule has 1 heterocycles. The van der Waals surface area contributed by atoms with Crippen LogP contribution in [0, 0.1) is 6.92 Å². The maximum absolute atomic E-state index is 10.2. The zero-order valence-corrected chi connectivity index (χ0v) is 12.1. The molecule has 0 saturated heterocycles. The molecule has 2 N–H and O–H groups in total. The van der Waals surface area contributed by atoms with Crippen molar-refractivity contribution in [3.63, 3.8) is 0 Å². The maximum Gasteiger partial charge on any atom is 0.216 e. The molecule has 5 nitrogen and oxygen atoms in total. The van der Waals surface area contributed by atoms with Crippen molar-refractivity contribution in [1.29, 1.82) is 0 Å². The van der Waals surface area contributed by atoms with Gasteiger partial charge in [-0.05, 0) is 19.8 Å². The Morgan fingerprint density at radius 3 is 2.50 bits per heavy atom.